The minimum absolute atomic E-state index is 0.222. The van der Waals surface area contributed by atoms with Crippen LogP contribution in [-0.4, -0.2) is 16.5 Å². The van der Waals surface area contributed by atoms with E-state index in [-0.39, 0.29) is 11.4 Å². The van der Waals surface area contributed by atoms with Crippen molar-refractivity contribution in [3.8, 4) is 0 Å². The highest BCUT2D eigenvalue weighted by molar-refractivity contribution is 6.43. The average molecular weight is 315 g/mol. The molecule has 0 spiro atoms. The van der Waals surface area contributed by atoms with Crippen molar-refractivity contribution in [3.63, 3.8) is 0 Å². The third-order valence-corrected chi connectivity index (χ3v) is 2.46. The standard InChI is InChI=1S/C6H12.C6H14.C2H4Cl2.C2H6O/c1-2-4-6-5-3-1;1-3-5-6-4-2;1-2(3)4;1-2-3/h1-6H2;3-6H2,1-2H3;2H,1H3;3H,2H2,1H3. The lowest BCUT2D eigenvalue weighted by atomic mass is 10.0. The Morgan fingerprint density at radius 1 is 0.789 bits per heavy atom. The first-order valence-corrected chi connectivity index (χ1v) is 8.82. The zero-order valence-electron chi connectivity index (χ0n) is 13.6. The minimum Gasteiger partial charge on any atom is -0.397 e. The Morgan fingerprint density at radius 3 is 1.05 bits per heavy atom. The van der Waals surface area contributed by atoms with Gasteiger partial charge < -0.3 is 5.11 Å². The largest absolute Gasteiger partial charge is 0.397 e. The molecular weight excluding hydrogens is 279 g/mol. The molecule has 1 nitrogen and oxygen atoms in total. The predicted molar refractivity (Wildman–Crippen MR) is 91.4 cm³/mol. The lowest BCUT2D eigenvalue weighted by Gasteiger charge is -2.05. The summed E-state index contributed by atoms with van der Waals surface area (Å²) in [5, 5.41) is 7.57. The molecule has 1 fully saturated rings. The second-order valence-corrected chi connectivity index (χ2v) is 6.20. The SMILES string of the molecule is C1CCCCC1.CC(Cl)Cl.CCCCCC.CCO. The van der Waals surface area contributed by atoms with Crippen molar-refractivity contribution >= 4 is 23.2 Å². The van der Waals surface area contributed by atoms with E-state index in [9.17, 15) is 0 Å². The van der Waals surface area contributed by atoms with Crippen LogP contribution in [0.3, 0.4) is 0 Å². The van der Waals surface area contributed by atoms with Crippen molar-refractivity contribution in [2.45, 2.75) is 96.7 Å². The Kier molecular flexibility index (Phi) is 34.9. The van der Waals surface area contributed by atoms with Crippen LogP contribution in [0.5, 0.6) is 0 Å². The van der Waals surface area contributed by atoms with Gasteiger partial charge in [-0.25, -0.2) is 0 Å². The van der Waals surface area contributed by atoms with Gasteiger partial charge in [-0.05, 0) is 13.8 Å². The molecule has 0 atom stereocenters. The Hall–Kier alpha value is 0.540. The third-order valence-electron chi connectivity index (χ3n) is 2.46. The van der Waals surface area contributed by atoms with E-state index in [1.807, 2.05) is 0 Å². The van der Waals surface area contributed by atoms with Gasteiger partial charge in [0.1, 0.15) is 4.84 Å². The average Bonchev–Trinajstić information content (AvgIpc) is 2.39. The number of halogens is 2. The third kappa shape index (κ3) is 55.7. The number of hydrogen-bond acceptors (Lipinski definition) is 1. The zero-order chi connectivity index (χ0) is 15.4. The van der Waals surface area contributed by atoms with Gasteiger partial charge in [0.15, 0.2) is 0 Å². The number of alkyl halides is 2. The van der Waals surface area contributed by atoms with Crippen molar-refractivity contribution < 1.29 is 5.11 Å². The zero-order valence-corrected chi connectivity index (χ0v) is 15.1. The van der Waals surface area contributed by atoms with Crippen molar-refractivity contribution in [3.05, 3.63) is 0 Å². The number of aliphatic hydroxyl groups is 1. The lowest BCUT2D eigenvalue weighted by Crippen LogP contribution is -1.85. The monoisotopic (exact) mass is 314 g/mol. The normalized spacial score (nSPS) is 13.3. The van der Waals surface area contributed by atoms with Crippen molar-refractivity contribution in [1.82, 2.24) is 0 Å². The van der Waals surface area contributed by atoms with E-state index in [1.54, 1.807) is 13.8 Å². The second-order valence-electron chi connectivity index (χ2n) is 4.66. The van der Waals surface area contributed by atoms with Crippen LogP contribution >= 0.6 is 23.2 Å². The molecule has 0 aromatic heterocycles. The van der Waals surface area contributed by atoms with Gasteiger partial charge in [-0.15, -0.1) is 23.2 Å². The lowest BCUT2D eigenvalue weighted by molar-refractivity contribution is 0.318. The number of aliphatic hydroxyl groups excluding tert-OH is 1. The molecule has 0 bridgehead atoms. The van der Waals surface area contributed by atoms with Crippen molar-refractivity contribution in [2.24, 2.45) is 0 Å². The van der Waals surface area contributed by atoms with Crippen molar-refractivity contribution in [2.75, 3.05) is 6.61 Å². The Balaban J connectivity index is -0.000000187. The maximum Gasteiger partial charge on any atom is 0.105 e. The summed E-state index contributed by atoms with van der Waals surface area (Å²) in [5.41, 5.74) is 0. The smallest absolute Gasteiger partial charge is 0.105 e. The summed E-state index contributed by atoms with van der Waals surface area (Å²) >= 11 is 10.1. The summed E-state index contributed by atoms with van der Waals surface area (Å²) < 4.78 is 0. The van der Waals surface area contributed by atoms with E-state index in [0.717, 1.165) is 0 Å². The van der Waals surface area contributed by atoms with Gasteiger partial charge in [0, 0.05) is 6.61 Å². The van der Waals surface area contributed by atoms with Gasteiger partial charge in [0.2, 0.25) is 0 Å². The molecule has 0 aliphatic heterocycles. The van der Waals surface area contributed by atoms with Crippen LogP contribution in [0.2, 0.25) is 0 Å². The summed E-state index contributed by atoms with van der Waals surface area (Å²) in [4.78, 5) is -0.222. The molecule has 1 aliphatic rings. The van der Waals surface area contributed by atoms with E-state index >= 15 is 0 Å². The highest BCUT2D eigenvalue weighted by Gasteiger charge is 1.95. The Bertz CT molecular complexity index is 97.1. The fraction of sp³-hybridized carbons (Fsp3) is 1.00. The molecule has 3 heteroatoms. The van der Waals surface area contributed by atoms with Crippen LogP contribution in [0.15, 0.2) is 0 Å². The highest BCUT2D eigenvalue weighted by Crippen LogP contribution is 2.15. The molecule has 0 aromatic rings. The summed E-state index contributed by atoms with van der Waals surface area (Å²) in [5.74, 6) is 0. The maximum atomic E-state index is 7.57. The summed E-state index contributed by atoms with van der Waals surface area (Å²) in [6.45, 7) is 8.09. The first-order valence-electron chi connectivity index (χ1n) is 7.95. The molecule has 1 rings (SSSR count). The molecule has 1 aliphatic carbocycles. The molecule has 0 saturated heterocycles. The van der Waals surface area contributed by atoms with Gasteiger partial charge in [0.25, 0.3) is 0 Å². The molecular formula is C16H36Cl2O. The summed E-state index contributed by atoms with van der Waals surface area (Å²) in [6.07, 6.45) is 14.5. The molecule has 120 valence electrons. The quantitative estimate of drug-likeness (QED) is 0.452. The molecule has 1 N–H and O–H groups in total. The van der Waals surface area contributed by atoms with E-state index in [1.165, 1.54) is 64.2 Å². The first-order chi connectivity index (χ1) is 9.06. The van der Waals surface area contributed by atoms with E-state index in [0.29, 0.717) is 0 Å². The fourth-order valence-corrected chi connectivity index (χ4v) is 1.56. The van der Waals surface area contributed by atoms with Gasteiger partial charge in [0.05, 0.1) is 0 Å². The van der Waals surface area contributed by atoms with Crippen LogP contribution in [0.1, 0.15) is 91.9 Å². The summed E-state index contributed by atoms with van der Waals surface area (Å²) in [7, 11) is 0. The molecule has 1 saturated carbocycles. The molecule has 0 amide bonds. The molecule has 0 radical (unpaired) electrons. The van der Waals surface area contributed by atoms with Gasteiger partial charge >= 0.3 is 0 Å². The number of unbranched alkanes of at least 4 members (excludes halogenated alkanes) is 3. The second kappa shape index (κ2) is 27.0. The van der Waals surface area contributed by atoms with Crippen LogP contribution in [-0.2, 0) is 0 Å². The molecule has 0 aromatic carbocycles. The predicted octanol–water partition coefficient (Wildman–Crippen LogP) is 6.74. The van der Waals surface area contributed by atoms with Gasteiger partial charge in [-0.3, -0.25) is 0 Å². The number of rotatable bonds is 3. The maximum absolute atomic E-state index is 7.57. The van der Waals surface area contributed by atoms with E-state index < -0.39 is 0 Å². The first kappa shape index (κ1) is 24.6. The molecule has 0 unspecified atom stereocenters. The topological polar surface area (TPSA) is 20.2 Å². The van der Waals surface area contributed by atoms with Crippen LogP contribution in [0, 0.1) is 0 Å². The Morgan fingerprint density at radius 2 is 0.947 bits per heavy atom. The number of hydrogen-bond donors (Lipinski definition) is 1. The highest BCUT2D eigenvalue weighted by atomic mass is 35.5. The van der Waals surface area contributed by atoms with E-state index in [4.69, 9.17) is 28.3 Å². The van der Waals surface area contributed by atoms with Crippen LogP contribution in [0.25, 0.3) is 0 Å². The Labute approximate surface area is 132 Å². The van der Waals surface area contributed by atoms with Crippen LogP contribution in [0.4, 0.5) is 0 Å². The fourth-order valence-electron chi connectivity index (χ4n) is 1.56. The molecule has 19 heavy (non-hydrogen) atoms. The minimum atomic E-state index is -0.222. The van der Waals surface area contributed by atoms with Crippen molar-refractivity contribution in [1.29, 1.82) is 0 Å². The summed E-state index contributed by atoms with van der Waals surface area (Å²) in [6, 6.07) is 0. The molecule has 0 heterocycles. The van der Waals surface area contributed by atoms with Crippen LogP contribution < -0.4 is 0 Å². The van der Waals surface area contributed by atoms with Gasteiger partial charge in [-0.1, -0.05) is 78.1 Å². The van der Waals surface area contributed by atoms with E-state index in [2.05, 4.69) is 13.8 Å². The van der Waals surface area contributed by atoms with Gasteiger partial charge in [-0.2, -0.15) is 0 Å².